The van der Waals surface area contributed by atoms with Crippen LogP contribution in [0.5, 0.6) is 5.75 Å². The molecule has 0 radical (unpaired) electrons. The Kier molecular flexibility index (Phi) is 7.13. The van der Waals surface area contributed by atoms with Crippen molar-refractivity contribution in [1.82, 2.24) is 15.2 Å². The largest absolute Gasteiger partial charge is 0.495 e. The van der Waals surface area contributed by atoms with Gasteiger partial charge in [-0.15, -0.1) is 0 Å². The first-order valence-corrected chi connectivity index (χ1v) is 11.2. The maximum absolute atomic E-state index is 13.1. The van der Waals surface area contributed by atoms with E-state index in [9.17, 15) is 12.8 Å². The molecule has 0 spiro atoms. The van der Waals surface area contributed by atoms with Crippen LogP contribution in [-0.2, 0) is 10.0 Å². The molecule has 9 heteroatoms. The highest BCUT2D eigenvalue weighted by Crippen LogP contribution is 2.28. The molecule has 1 fully saturated rings. The first kappa shape index (κ1) is 22.0. The normalized spacial score (nSPS) is 19.6. The van der Waals surface area contributed by atoms with Crippen molar-refractivity contribution >= 4 is 21.6 Å². The van der Waals surface area contributed by atoms with Gasteiger partial charge in [0.15, 0.2) is 0 Å². The van der Waals surface area contributed by atoms with Crippen molar-refractivity contribution in [3.63, 3.8) is 0 Å². The van der Waals surface area contributed by atoms with Crippen LogP contribution in [-0.4, -0.2) is 39.5 Å². The number of rotatable bonds is 8. The van der Waals surface area contributed by atoms with Crippen LogP contribution in [0.3, 0.4) is 0 Å². The summed E-state index contributed by atoms with van der Waals surface area (Å²) in [5.41, 5.74) is 7.49. The van der Waals surface area contributed by atoms with Crippen LogP contribution < -0.4 is 15.6 Å². The van der Waals surface area contributed by atoms with E-state index in [2.05, 4.69) is 10.9 Å². The number of hydrazine groups is 1. The van der Waals surface area contributed by atoms with E-state index in [1.807, 2.05) is 0 Å². The number of nitrogens with one attached hydrogen (secondary N) is 2. The minimum absolute atomic E-state index is 0.114. The molecule has 0 aliphatic carbocycles. The Morgan fingerprint density at radius 1 is 1.21 bits per heavy atom. The van der Waals surface area contributed by atoms with E-state index in [1.165, 1.54) is 35.7 Å². The lowest BCUT2D eigenvalue weighted by atomic mass is 10.00. The van der Waals surface area contributed by atoms with Gasteiger partial charge in [0.1, 0.15) is 11.6 Å². The van der Waals surface area contributed by atoms with E-state index in [0.717, 1.165) is 18.4 Å². The molecule has 2 aromatic rings. The molecule has 29 heavy (non-hydrogen) atoms. The summed E-state index contributed by atoms with van der Waals surface area (Å²) in [4.78, 5) is 0.142. The fourth-order valence-corrected chi connectivity index (χ4v) is 4.95. The highest BCUT2D eigenvalue weighted by atomic mass is 35.5. The summed E-state index contributed by atoms with van der Waals surface area (Å²) in [5, 5.41) is 0.259. The zero-order chi connectivity index (χ0) is 21.0. The lowest BCUT2D eigenvalue weighted by molar-refractivity contribution is 0.414. The Hall–Kier alpha value is -1.71. The highest BCUT2D eigenvalue weighted by molar-refractivity contribution is 7.89. The summed E-state index contributed by atoms with van der Waals surface area (Å²) in [5.74, 6) is 0.183. The quantitative estimate of drug-likeness (QED) is 0.656. The van der Waals surface area contributed by atoms with Gasteiger partial charge in [0.05, 0.1) is 17.0 Å². The van der Waals surface area contributed by atoms with Gasteiger partial charge < -0.3 is 4.74 Å². The Morgan fingerprint density at radius 2 is 1.93 bits per heavy atom. The Morgan fingerprint density at radius 3 is 2.59 bits per heavy atom. The topological polar surface area (TPSA) is 70.7 Å². The number of nitrogens with zero attached hydrogens (tertiary/aromatic N) is 1. The third kappa shape index (κ3) is 5.26. The van der Waals surface area contributed by atoms with Gasteiger partial charge in [0.25, 0.3) is 0 Å². The molecule has 2 N–H and O–H groups in total. The van der Waals surface area contributed by atoms with E-state index in [1.54, 1.807) is 25.2 Å². The molecule has 158 valence electrons. The number of sulfonamides is 1. The van der Waals surface area contributed by atoms with Gasteiger partial charge >= 0.3 is 0 Å². The van der Waals surface area contributed by atoms with Crippen LogP contribution in [0.2, 0.25) is 5.02 Å². The van der Waals surface area contributed by atoms with E-state index in [0.29, 0.717) is 18.7 Å². The average molecular weight is 442 g/mol. The summed E-state index contributed by atoms with van der Waals surface area (Å²) in [7, 11) is -0.573. The Labute approximate surface area is 176 Å². The van der Waals surface area contributed by atoms with Crippen LogP contribution in [0.4, 0.5) is 4.39 Å². The second-order valence-corrected chi connectivity index (χ2v) is 9.54. The minimum Gasteiger partial charge on any atom is -0.495 e. The van der Waals surface area contributed by atoms with E-state index in [4.69, 9.17) is 16.3 Å². The molecule has 1 aliphatic heterocycles. The lowest BCUT2D eigenvalue weighted by Crippen LogP contribution is -2.32. The van der Waals surface area contributed by atoms with Crippen LogP contribution >= 0.6 is 11.6 Å². The number of halogens is 2. The first-order chi connectivity index (χ1) is 13.8. The molecule has 1 saturated heterocycles. The number of benzene rings is 2. The standard InChI is InChI=1S/C20H25ClFN3O3S/c1-25(29(26,27)17-9-10-20(28-2)18(21)13-17)11-3-4-16-12-19(24-23-16)14-5-7-15(22)8-6-14/h5-10,13,16,19,23-24H,3-4,11-12H2,1-2H3. The van der Waals surface area contributed by atoms with Gasteiger partial charge in [-0.3, -0.25) is 10.9 Å². The second-order valence-electron chi connectivity index (χ2n) is 7.09. The molecule has 2 unspecified atom stereocenters. The van der Waals surface area contributed by atoms with Gasteiger partial charge in [0, 0.05) is 25.7 Å². The fourth-order valence-electron chi connectivity index (χ4n) is 3.39. The molecule has 6 nitrogen and oxygen atoms in total. The molecule has 0 saturated carbocycles. The molecular weight excluding hydrogens is 417 g/mol. The van der Waals surface area contributed by atoms with Crippen LogP contribution in [0.25, 0.3) is 0 Å². The number of hydrogen-bond donors (Lipinski definition) is 2. The van der Waals surface area contributed by atoms with E-state index in [-0.39, 0.29) is 27.8 Å². The summed E-state index contributed by atoms with van der Waals surface area (Å²) < 4.78 is 45.0. The summed E-state index contributed by atoms with van der Waals surface area (Å²) in [6.45, 7) is 0.394. The molecule has 1 aliphatic rings. The predicted octanol–water partition coefficient (Wildman–Crippen LogP) is 3.50. The molecule has 0 aromatic heterocycles. The molecule has 3 rings (SSSR count). The molecule has 0 bridgehead atoms. The third-order valence-corrected chi connectivity index (χ3v) is 7.26. The lowest BCUT2D eigenvalue weighted by Gasteiger charge is -2.18. The van der Waals surface area contributed by atoms with E-state index >= 15 is 0 Å². The average Bonchev–Trinajstić information content (AvgIpc) is 3.17. The summed E-state index contributed by atoms with van der Waals surface area (Å²) in [6, 6.07) is 11.2. The monoisotopic (exact) mass is 441 g/mol. The highest BCUT2D eigenvalue weighted by Gasteiger charge is 2.26. The van der Waals surface area contributed by atoms with Crippen molar-refractivity contribution in [2.24, 2.45) is 0 Å². The SMILES string of the molecule is COc1ccc(S(=O)(=O)N(C)CCCC2CC(c3ccc(F)cc3)NN2)cc1Cl. The van der Waals surface area contributed by atoms with Gasteiger partial charge in [-0.2, -0.15) is 0 Å². The van der Waals surface area contributed by atoms with Crippen molar-refractivity contribution in [3.8, 4) is 5.75 Å². The fraction of sp³-hybridized carbons (Fsp3) is 0.400. The smallest absolute Gasteiger partial charge is 0.242 e. The molecular formula is C20H25ClFN3O3S. The van der Waals surface area contributed by atoms with Crippen molar-refractivity contribution in [3.05, 3.63) is 58.9 Å². The molecule has 2 aromatic carbocycles. The molecule has 0 amide bonds. The van der Waals surface area contributed by atoms with E-state index < -0.39 is 10.0 Å². The van der Waals surface area contributed by atoms with Crippen LogP contribution in [0.15, 0.2) is 47.4 Å². The van der Waals surface area contributed by atoms with Gasteiger partial charge in [-0.25, -0.2) is 17.1 Å². The maximum Gasteiger partial charge on any atom is 0.242 e. The maximum atomic E-state index is 13.1. The van der Waals surface area contributed by atoms with Crippen molar-refractivity contribution < 1.29 is 17.5 Å². The molecule has 2 atom stereocenters. The minimum atomic E-state index is -3.62. The second kappa shape index (κ2) is 9.40. The Balaban J connectivity index is 1.51. The van der Waals surface area contributed by atoms with Crippen LogP contribution in [0.1, 0.15) is 30.9 Å². The van der Waals surface area contributed by atoms with Gasteiger partial charge in [-0.05, 0) is 55.2 Å². The molecule has 1 heterocycles. The first-order valence-electron chi connectivity index (χ1n) is 9.37. The zero-order valence-corrected chi connectivity index (χ0v) is 17.9. The van der Waals surface area contributed by atoms with Crippen LogP contribution in [0, 0.1) is 5.82 Å². The summed E-state index contributed by atoms with van der Waals surface area (Å²) >= 11 is 6.06. The zero-order valence-electron chi connectivity index (χ0n) is 16.4. The third-order valence-electron chi connectivity index (χ3n) is 5.11. The van der Waals surface area contributed by atoms with Gasteiger partial charge in [-0.1, -0.05) is 23.7 Å². The van der Waals surface area contributed by atoms with Crippen molar-refractivity contribution in [2.75, 3.05) is 20.7 Å². The van der Waals surface area contributed by atoms with Crippen molar-refractivity contribution in [1.29, 1.82) is 0 Å². The summed E-state index contributed by atoms with van der Waals surface area (Å²) in [6.07, 6.45) is 2.37. The number of ether oxygens (including phenoxy) is 1. The van der Waals surface area contributed by atoms with Gasteiger partial charge in [0.2, 0.25) is 10.0 Å². The number of methoxy groups -OCH3 is 1. The van der Waals surface area contributed by atoms with Crippen molar-refractivity contribution in [2.45, 2.75) is 36.2 Å². The number of hydrogen-bond acceptors (Lipinski definition) is 5. The predicted molar refractivity (Wildman–Crippen MR) is 111 cm³/mol. The Bertz CT molecular complexity index is 940.